The van der Waals surface area contributed by atoms with Crippen molar-refractivity contribution in [2.45, 2.75) is 13.0 Å². The van der Waals surface area contributed by atoms with Crippen molar-refractivity contribution >= 4 is 5.91 Å². The van der Waals surface area contributed by atoms with Gasteiger partial charge in [0.15, 0.2) is 0 Å². The second-order valence-electron chi connectivity index (χ2n) is 5.36. The van der Waals surface area contributed by atoms with Crippen LogP contribution < -0.4 is 5.32 Å². The molecule has 0 radical (unpaired) electrons. The Morgan fingerprint density at radius 2 is 1.87 bits per heavy atom. The number of carbonyl (C=O) groups is 1. The monoisotopic (exact) mass is 305 g/mol. The highest BCUT2D eigenvalue weighted by atomic mass is 16.1. The van der Waals surface area contributed by atoms with Gasteiger partial charge in [-0.3, -0.25) is 4.79 Å². The van der Waals surface area contributed by atoms with Crippen LogP contribution in [0.25, 0.3) is 11.1 Å². The van der Waals surface area contributed by atoms with Crippen molar-refractivity contribution < 1.29 is 4.79 Å². The molecular weight excluding hydrogens is 286 g/mol. The number of benzene rings is 2. The number of nitrogens with zero attached hydrogens (tertiary/aromatic N) is 2. The first-order valence-corrected chi connectivity index (χ1v) is 7.72. The Labute approximate surface area is 135 Å². The predicted molar refractivity (Wildman–Crippen MR) is 91.1 cm³/mol. The van der Waals surface area contributed by atoms with Crippen LogP contribution in [0.1, 0.15) is 16.8 Å². The van der Waals surface area contributed by atoms with E-state index in [4.69, 9.17) is 0 Å². The summed E-state index contributed by atoms with van der Waals surface area (Å²) in [5.74, 6) is -0.0339. The number of hydrogen-bond acceptors (Lipinski definition) is 2. The van der Waals surface area contributed by atoms with Gasteiger partial charge in [-0.1, -0.05) is 42.5 Å². The third kappa shape index (κ3) is 4.07. The lowest BCUT2D eigenvalue weighted by Crippen LogP contribution is -2.25. The Bertz CT molecular complexity index is 751. The Balaban J connectivity index is 1.57. The van der Waals surface area contributed by atoms with Gasteiger partial charge in [-0.15, -0.1) is 0 Å². The van der Waals surface area contributed by atoms with Gasteiger partial charge in [0.25, 0.3) is 5.91 Å². The van der Waals surface area contributed by atoms with Crippen LogP contribution in [-0.2, 0) is 6.54 Å². The molecule has 116 valence electrons. The van der Waals surface area contributed by atoms with Crippen molar-refractivity contribution in [3.8, 4) is 11.1 Å². The van der Waals surface area contributed by atoms with Gasteiger partial charge in [0, 0.05) is 31.0 Å². The Morgan fingerprint density at radius 1 is 1.04 bits per heavy atom. The fourth-order valence-electron chi connectivity index (χ4n) is 2.46. The summed E-state index contributed by atoms with van der Waals surface area (Å²) < 4.78 is 2.00. The number of aromatic nitrogens is 2. The van der Waals surface area contributed by atoms with Crippen LogP contribution in [0.5, 0.6) is 0 Å². The summed E-state index contributed by atoms with van der Waals surface area (Å²) >= 11 is 0. The van der Waals surface area contributed by atoms with E-state index in [-0.39, 0.29) is 5.91 Å². The molecule has 0 unspecified atom stereocenters. The fraction of sp³-hybridized carbons (Fsp3) is 0.158. The molecule has 3 rings (SSSR count). The molecule has 2 aromatic carbocycles. The maximum atomic E-state index is 12.3. The summed E-state index contributed by atoms with van der Waals surface area (Å²) in [6.45, 7) is 1.50. The van der Waals surface area contributed by atoms with Gasteiger partial charge in [-0.25, -0.2) is 4.98 Å². The smallest absolute Gasteiger partial charge is 0.251 e. The minimum absolute atomic E-state index is 0.0339. The number of amides is 1. The highest BCUT2D eigenvalue weighted by Gasteiger charge is 2.06. The van der Waals surface area contributed by atoms with Crippen molar-refractivity contribution in [2.75, 3.05) is 6.54 Å². The van der Waals surface area contributed by atoms with E-state index < -0.39 is 0 Å². The summed E-state index contributed by atoms with van der Waals surface area (Å²) in [4.78, 5) is 16.3. The maximum Gasteiger partial charge on any atom is 0.251 e. The summed E-state index contributed by atoms with van der Waals surface area (Å²) in [5, 5.41) is 2.97. The van der Waals surface area contributed by atoms with E-state index in [1.807, 2.05) is 65.4 Å². The van der Waals surface area contributed by atoms with Gasteiger partial charge in [-0.05, 0) is 29.7 Å². The summed E-state index contributed by atoms with van der Waals surface area (Å²) in [7, 11) is 0. The number of hydrogen-bond donors (Lipinski definition) is 1. The van der Waals surface area contributed by atoms with Crippen molar-refractivity contribution in [1.82, 2.24) is 14.9 Å². The lowest BCUT2D eigenvalue weighted by molar-refractivity contribution is 0.0953. The van der Waals surface area contributed by atoms with Gasteiger partial charge in [0.2, 0.25) is 0 Å². The Hall–Kier alpha value is -2.88. The quantitative estimate of drug-likeness (QED) is 0.710. The zero-order valence-electron chi connectivity index (χ0n) is 12.9. The molecule has 4 nitrogen and oxygen atoms in total. The number of imidazole rings is 1. The first-order valence-electron chi connectivity index (χ1n) is 7.72. The number of aryl methyl sites for hydroxylation is 1. The molecular formula is C19H19N3O. The summed E-state index contributed by atoms with van der Waals surface area (Å²) in [6.07, 6.45) is 6.34. The largest absolute Gasteiger partial charge is 0.352 e. The molecule has 3 aromatic rings. The van der Waals surface area contributed by atoms with Crippen molar-refractivity contribution in [1.29, 1.82) is 0 Å². The average molecular weight is 305 g/mol. The predicted octanol–water partition coefficient (Wildman–Crippen LogP) is 3.37. The van der Waals surface area contributed by atoms with E-state index in [1.54, 1.807) is 12.5 Å². The van der Waals surface area contributed by atoms with Gasteiger partial charge in [0.05, 0.1) is 6.33 Å². The lowest BCUT2D eigenvalue weighted by Gasteiger charge is -2.08. The van der Waals surface area contributed by atoms with E-state index in [0.29, 0.717) is 12.1 Å². The summed E-state index contributed by atoms with van der Waals surface area (Å²) in [6, 6.07) is 17.8. The maximum absolute atomic E-state index is 12.3. The Morgan fingerprint density at radius 3 is 2.65 bits per heavy atom. The molecule has 0 bridgehead atoms. The zero-order chi connectivity index (χ0) is 15.9. The van der Waals surface area contributed by atoms with Gasteiger partial charge < -0.3 is 9.88 Å². The van der Waals surface area contributed by atoms with Crippen LogP contribution in [0.2, 0.25) is 0 Å². The number of rotatable bonds is 6. The van der Waals surface area contributed by atoms with Crippen LogP contribution in [0.3, 0.4) is 0 Å². The van der Waals surface area contributed by atoms with E-state index in [2.05, 4.69) is 10.3 Å². The van der Waals surface area contributed by atoms with Crippen LogP contribution in [-0.4, -0.2) is 22.0 Å². The highest BCUT2D eigenvalue weighted by Crippen LogP contribution is 2.19. The van der Waals surface area contributed by atoms with E-state index in [0.717, 1.165) is 24.1 Å². The van der Waals surface area contributed by atoms with E-state index >= 15 is 0 Å². The molecule has 23 heavy (non-hydrogen) atoms. The molecule has 0 saturated heterocycles. The SMILES string of the molecule is O=C(NCCCn1ccnc1)c1cccc(-c2ccccc2)c1. The molecule has 1 aromatic heterocycles. The normalized spacial score (nSPS) is 10.4. The molecule has 1 amide bonds. The molecule has 0 aliphatic heterocycles. The van der Waals surface area contributed by atoms with Gasteiger partial charge >= 0.3 is 0 Å². The topological polar surface area (TPSA) is 46.9 Å². The minimum atomic E-state index is -0.0339. The molecule has 0 saturated carbocycles. The van der Waals surface area contributed by atoms with Crippen molar-refractivity contribution in [3.05, 3.63) is 78.9 Å². The fourth-order valence-corrected chi connectivity index (χ4v) is 2.46. The molecule has 0 aliphatic carbocycles. The molecule has 4 heteroatoms. The van der Waals surface area contributed by atoms with Crippen LogP contribution >= 0.6 is 0 Å². The molecule has 0 spiro atoms. The molecule has 1 heterocycles. The van der Waals surface area contributed by atoms with Gasteiger partial charge in [0.1, 0.15) is 0 Å². The first-order chi connectivity index (χ1) is 11.3. The zero-order valence-corrected chi connectivity index (χ0v) is 12.9. The highest BCUT2D eigenvalue weighted by molar-refractivity contribution is 5.95. The average Bonchev–Trinajstić information content (AvgIpc) is 3.13. The number of carbonyl (C=O) groups excluding carboxylic acids is 1. The van der Waals surface area contributed by atoms with Crippen molar-refractivity contribution in [3.63, 3.8) is 0 Å². The van der Waals surface area contributed by atoms with Gasteiger partial charge in [-0.2, -0.15) is 0 Å². The Kier molecular flexibility index (Phi) is 4.84. The lowest BCUT2D eigenvalue weighted by atomic mass is 10.0. The minimum Gasteiger partial charge on any atom is -0.352 e. The molecule has 1 N–H and O–H groups in total. The van der Waals surface area contributed by atoms with E-state index in [9.17, 15) is 4.79 Å². The molecule has 0 atom stereocenters. The van der Waals surface area contributed by atoms with Crippen LogP contribution in [0.15, 0.2) is 73.3 Å². The van der Waals surface area contributed by atoms with E-state index in [1.165, 1.54) is 0 Å². The summed E-state index contributed by atoms with van der Waals surface area (Å²) in [5.41, 5.74) is 2.85. The van der Waals surface area contributed by atoms with Crippen molar-refractivity contribution in [2.24, 2.45) is 0 Å². The van der Waals surface area contributed by atoms with Crippen LogP contribution in [0.4, 0.5) is 0 Å². The third-order valence-corrected chi connectivity index (χ3v) is 3.67. The molecule has 0 aliphatic rings. The second-order valence-corrected chi connectivity index (χ2v) is 5.36. The molecule has 0 fully saturated rings. The van der Waals surface area contributed by atoms with Crippen LogP contribution in [0, 0.1) is 0 Å². The number of nitrogens with one attached hydrogen (secondary N) is 1. The first kappa shape index (κ1) is 15.0. The standard InChI is InChI=1S/C19H19N3O/c23-19(21-10-5-12-22-13-11-20-15-22)18-9-4-8-17(14-18)16-6-2-1-3-7-16/h1-4,6-9,11,13-15H,5,10,12H2,(H,21,23). The third-order valence-electron chi connectivity index (χ3n) is 3.67. The second kappa shape index (κ2) is 7.40.